The summed E-state index contributed by atoms with van der Waals surface area (Å²) in [5.74, 6) is 0.899. The molecule has 0 saturated carbocycles. The van der Waals surface area contributed by atoms with Crippen LogP contribution >= 0.6 is 0 Å². The van der Waals surface area contributed by atoms with Crippen LogP contribution in [-0.2, 0) is 17.5 Å². The minimum atomic E-state index is -4.46. The molecule has 0 bridgehead atoms. The van der Waals surface area contributed by atoms with Crippen LogP contribution in [0.2, 0.25) is 0 Å². The monoisotopic (exact) mass is 446 g/mol. The highest BCUT2D eigenvalue weighted by Crippen LogP contribution is 2.32. The van der Waals surface area contributed by atoms with E-state index >= 15 is 0 Å². The van der Waals surface area contributed by atoms with Gasteiger partial charge in [0.25, 0.3) is 0 Å². The summed E-state index contributed by atoms with van der Waals surface area (Å²) in [5, 5.41) is 11.9. The van der Waals surface area contributed by atoms with Crippen molar-refractivity contribution in [3.8, 4) is 0 Å². The molecule has 0 radical (unpaired) electrons. The number of hydrogen-bond donors (Lipinski definition) is 2. The predicted molar refractivity (Wildman–Crippen MR) is 113 cm³/mol. The molecule has 4 rings (SSSR count). The SMILES string of the molecule is Cc1nc(NC2C=CN(Cc3ccc(C(F)(F)F)nc3)N=C2)nc2c1NC(=O)[C@H](C)N2C. The Balaban J connectivity index is 1.41. The Hall–Kier alpha value is -3.70. The zero-order valence-electron chi connectivity index (χ0n) is 17.6. The Labute approximate surface area is 182 Å². The average molecular weight is 446 g/mol. The lowest BCUT2D eigenvalue weighted by molar-refractivity contribution is -0.141. The normalized spacial score (nSPS) is 20.2. The van der Waals surface area contributed by atoms with Gasteiger partial charge < -0.3 is 15.5 Å². The number of hydrogen-bond acceptors (Lipinski definition) is 8. The lowest BCUT2D eigenvalue weighted by Crippen LogP contribution is -2.45. The van der Waals surface area contributed by atoms with Gasteiger partial charge in [0.2, 0.25) is 11.9 Å². The summed E-state index contributed by atoms with van der Waals surface area (Å²) in [5.41, 5.74) is 0.894. The van der Waals surface area contributed by atoms with Crippen molar-refractivity contribution >= 4 is 29.6 Å². The molecule has 2 aromatic rings. The first-order valence-corrected chi connectivity index (χ1v) is 9.82. The molecule has 0 saturated heterocycles. The number of aromatic nitrogens is 3. The molecule has 9 nitrogen and oxygen atoms in total. The van der Waals surface area contributed by atoms with E-state index in [0.717, 1.165) is 6.07 Å². The van der Waals surface area contributed by atoms with E-state index in [1.165, 1.54) is 12.3 Å². The van der Waals surface area contributed by atoms with Crippen LogP contribution in [0.25, 0.3) is 0 Å². The molecule has 2 aromatic heterocycles. The van der Waals surface area contributed by atoms with Crippen molar-refractivity contribution in [3.63, 3.8) is 0 Å². The summed E-state index contributed by atoms with van der Waals surface area (Å²) < 4.78 is 37.9. The number of likely N-dealkylation sites (N-methyl/N-ethyl adjacent to an activating group) is 1. The lowest BCUT2D eigenvalue weighted by Gasteiger charge is -2.32. The standard InChI is InChI=1S/C20H21F3N8O/c1-11-16-17(30(3)12(2)18(32)28-16)29-19(26-11)27-14-6-7-31(25-9-14)10-13-4-5-15(24-8-13)20(21,22)23/h4-9,12,14H,10H2,1-3H3,(H,28,32)(H,26,27,29)/t12-,14?/m0/s1. The Kier molecular flexibility index (Phi) is 5.45. The van der Waals surface area contributed by atoms with Gasteiger partial charge in [-0.3, -0.25) is 14.8 Å². The zero-order valence-corrected chi connectivity index (χ0v) is 17.6. The predicted octanol–water partition coefficient (Wildman–Crippen LogP) is 2.77. The molecule has 0 fully saturated rings. The Morgan fingerprint density at radius 2 is 2.03 bits per heavy atom. The minimum absolute atomic E-state index is 0.113. The second kappa shape index (κ2) is 8.09. The summed E-state index contributed by atoms with van der Waals surface area (Å²) in [6.45, 7) is 3.86. The topological polar surface area (TPSA) is 98.6 Å². The fraction of sp³-hybridized carbons (Fsp3) is 0.350. The molecule has 4 heterocycles. The fourth-order valence-corrected chi connectivity index (χ4v) is 3.25. The molecule has 2 aliphatic rings. The summed E-state index contributed by atoms with van der Waals surface area (Å²) in [7, 11) is 1.80. The highest BCUT2D eigenvalue weighted by atomic mass is 19.4. The number of nitrogens with one attached hydrogen (secondary N) is 2. The van der Waals surface area contributed by atoms with Crippen molar-refractivity contribution in [3.05, 3.63) is 47.6 Å². The average Bonchev–Trinajstić information content (AvgIpc) is 2.74. The molecule has 32 heavy (non-hydrogen) atoms. The van der Waals surface area contributed by atoms with Crippen LogP contribution in [0.1, 0.15) is 23.9 Å². The van der Waals surface area contributed by atoms with Crippen molar-refractivity contribution in [2.24, 2.45) is 5.10 Å². The molecule has 1 unspecified atom stereocenters. The molecule has 1 amide bonds. The fourth-order valence-electron chi connectivity index (χ4n) is 3.25. The third-order valence-corrected chi connectivity index (χ3v) is 5.21. The largest absolute Gasteiger partial charge is 0.433 e. The Morgan fingerprint density at radius 3 is 2.66 bits per heavy atom. The van der Waals surface area contributed by atoms with Gasteiger partial charge in [-0.1, -0.05) is 6.07 Å². The number of pyridine rings is 1. The first-order chi connectivity index (χ1) is 15.1. The van der Waals surface area contributed by atoms with Gasteiger partial charge >= 0.3 is 6.18 Å². The van der Waals surface area contributed by atoms with Crippen molar-refractivity contribution in [1.82, 2.24) is 20.0 Å². The van der Waals surface area contributed by atoms with Crippen molar-refractivity contribution in [2.45, 2.75) is 38.7 Å². The number of hydrazone groups is 1. The van der Waals surface area contributed by atoms with Crippen LogP contribution < -0.4 is 15.5 Å². The molecular formula is C20H21F3N8O. The lowest BCUT2D eigenvalue weighted by atomic mass is 10.2. The number of rotatable bonds is 4. The Morgan fingerprint density at radius 1 is 1.25 bits per heavy atom. The highest BCUT2D eigenvalue weighted by molar-refractivity contribution is 6.03. The third-order valence-electron chi connectivity index (χ3n) is 5.21. The van der Waals surface area contributed by atoms with E-state index < -0.39 is 11.9 Å². The van der Waals surface area contributed by atoms with Crippen LogP contribution in [-0.4, -0.2) is 51.2 Å². The summed E-state index contributed by atoms with van der Waals surface area (Å²) in [4.78, 5) is 26.2. The third kappa shape index (κ3) is 4.34. The van der Waals surface area contributed by atoms with Gasteiger partial charge in [-0.05, 0) is 31.6 Å². The van der Waals surface area contributed by atoms with Crippen molar-refractivity contribution < 1.29 is 18.0 Å². The van der Waals surface area contributed by atoms with E-state index in [1.54, 1.807) is 43.2 Å². The van der Waals surface area contributed by atoms with Crippen molar-refractivity contribution in [1.29, 1.82) is 0 Å². The number of anilines is 3. The maximum absolute atomic E-state index is 12.6. The first kappa shape index (κ1) is 21.5. The highest BCUT2D eigenvalue weighted by Gasteiger charge is 2.32. The first-order valence-electron chi connectivity index (χ1n) is 9.82. The van der Waals surface area contributed by atoms with E-state index in [0.29, 0.717) is 28.7 Å². The van der Waals surface area contributed by atoms with Crippen LogP contribution in [0, 0.1) is 6.92 Å². The smallest absolute Gasteiger partial charge is 0.346 e. The van der Waals surface area contributed by atoms with Gasteiger partial charge in [-0.25, -0.2) is 4.98 Å². The van der Waals surface area contributed by atoms with E-state index in [1.807, 2.05) is 6.08 Å². The molecular weight excluding hydrogens is 425 g/mol. The van der Waals surface area contributed by atoms with E-state index in [9.17, 15) is 18.0 Å². The van der Waals surface area contributed by atoms with Crippen molar-refractivity contribution in [2.75, 3.05) is 22.6 Å². The molecule has 0 aromatic carbocycles. The molecule has 2 N–H and O–H groups in total. The number of carbonyl (C=O) groups excluding carboxylic acids is 1. The molecule has 0 aliphatic carbocycles. The number of alkyl halides is 3. The van der Waals surface area contributed by atoms with E-state index in [-0.39, 0.29) is 24.5 Å². The molecule has 2 atom stereocenters. The molecule has 2 aliphatic heterocycles. The maximum atomic E-state index is 12.6. The zero-order chi connectivity index (χ0) is 23.0. The Bertz CT molecular complexity index is 1070. The van der Waals surface area contributed by atoms with Crippen LogP contribution in [0.15, 0.2) is 35.7 Å². The maximum Gasteiger partial charge on any atom is 0.433 e. The minimum Gasteiger partial charge on any atom is -0.346 e. The molecule has 12 heteroatoms. The van der Waals surface area contributed by atoms with Gasteiger partial charge in [-0.2, -0.15) is 23.3 Å². The van der Waals surface area contributed by atoms with Gasteiger partial charge in [0.15, 0.2) is 5.82 Å². The van der Waals surface area contributed by atoms with Crippen LogP contribution in [0.3, 0.4) is 0 Å². The molecule has 168 valence electrons. The number of amides is 1. The van der Waals surface area contributed by atoms with Gasteiger partial charge in [0.05, 0.1) is 24.5 Å². The van der Waals surface area contributed by atoms with E-state index in [2.05, 4.69) is 30.7 Å². The number of fused-ring (bicyclic) bond motifs is 1. The van der Waals surface area contributed by atoms with Crippen LogP contribution in [0.5, 0.6) is 0 Å². The number of carbonyl (C=O) groups is 1. The summed E-state index contributed by atoms with van der Waals surface area (Å²) in [6.07, 6.45) is 1.92. The second-order valence-corrected chi connectivity index (χ2v) is 7.53. The number of aryl methyl sites for hydroxylation is 1. The number of halogens is 3. The van der Waals surface area contributed by atoms with Crippen LogP contribution in [0.4, 0.5) is 30.6 Å². The molecule has 0 spiro atoms. The van der Waals surface area contributed by atoms with Gasteiger partial charge in [-0.15, -0.1) is 0 Å². The van der Waals surface area contributed by atoms with Gasteiger partial charge in [0.1, 0.15) is 17.4 Å². The quantitative estimate of drug-likeness (QED) is 0.745. The summed E-state index contributed by atoms with van der Waals surface area (Å²) >= 11 is 0. The van der Waals surface area contributed by atoms with E-state index in [4.69, 9.17) is 0 Å². The number of nitrogens with zero attached hydrogens (tertiary/aromatic N) is 6. The van der Waals surface area contributed by atoms with Gasteiger partial charge in [0, 0.05) is 19.4 Å². The second-order valence-electron chi connectivity index (χ2n) is 7.53. The summed E-state index contributed by atoms with van der Waals surface area (Å²) in [6, 6.07) is 1.70.